The highest BCUT2D eigenvalue weighted by Gasteiger charge is 2.29. The lowest BCUT2D eigenvalue weighted by molar-refractivity contribution is 0.0750. The second-order valence-corrected chi connectivity index (χ2v) is 6.17. The van der Waals surface area contributed by atoms with Crippen molar-refractivity contribution in [2.45, 2.75) is 20.0 Å². The van der Waals surface area contributed by atoms with E-state index in [9.17, 15) is 9.18 Å². The number of amides is 1. The Bertz CT molecular complexity index is 774. The summed E-state index contributed by atoms with van der Waals surface area (Å²) >= 11 is 5.84. The van der Waals surface area contributed by atoms with Crippen LogP contribution in [0, 0.1) is 12.7 Å². The summed E-state index contributed by atoms with van der Waals surface area (Å²) in [6.07, 6.45) is 0. The van der Waals surface area contributed by atoms with Crippen LogP contribution in [0.5, 0.6) is 0 Å². The molecule has 0 saturated carbocycles. The van der Waals surface area contributed by atoms with Crippen LogP contribution >= 0.6 is 11.6 Å². The zero-order valence-corrected chi connectivity index (χ0v) is 13.9. The molecular formula is C16H16ClFN4O. The summed E-state index contributed by atoms with van der Waals surface area (Å²) < 4.78 is 13.5. The van der Waals surface area contributed by atoms with Gasteiger partial charge in [-0.2, -0.15) is 0 Å². The Morgan fingerprint density at radius 2 is 2.00 bits per heavy atom. The molecule has 0 saturated heterocycles. The van der Waals surface area contributed by atoms with E-state index in [4.69, 9.17) is 11.6 Å². The highest BCUT2D eigenvalue weighted by atomic mass is 35.5. The van der Waals surface area contributed by atoms with Gasteiger partial charge in [0.15, 0.2) is 0 Å². The Kier molecular flexibility index (Phi) is 3.93. The molecule has 0 atom stereocenters. The van der Waals surface area contributed by atoms with Crippen LogP contribution in [0.25, 0.3) is 0 Å². The number of fused-ring (bicyclic) bond motifs is 1. The van der Waals surface area contributed by atoms with Gasteiger partial charge in [0.2, 0.25) is 0 Å². The molecule has 2 aromatic rings. The van der Waals surface area contributed by atoms with Gasteiger partial charge in [0.25, 0.3) is 5.91 Å². The Morgan fingerprint density at radius 3 is 2.65 bits per heavy atom. The topological polar surface area (TPSA) is 49.3 Å². The number of anilines is 1. The average molecular weight is 335 g/mol. The van der Waals surface area contributed by atoms with Crippen LogP contribution in [0.1, 0.15) is 27.4 Å². The highest BCUT2D eigenvalue weighted by molar-refractivity contribution is 6.31. The van der Waals surface area contributed by atoms with E-state index in [1.54, 1.807) is 4.90 Å². The van der Waals surface area contributed by atoms with Crippen molar-refractivity contribution in [2.24, 2.45) is 0 Å². The van der Waals surface area contributed by atoms with Crippen LogP contribution in [-0.4, -0.2) is 34.9 Å². The lowest BCUT2D eigenvalue weighted by atomic mass is 10.2. The fourth-order valence-electron chi connectivity index (χ4n) is 2.73. The molecule has 2 heterocycles. The number of aromatic nitrogens is 2. The molecule has 0 unspecified atom stereocenters. The zero-order chi connectivity index (χ0) is 16.7. The van der Waals surface area contributed by atoms with Crippen molar-refractivity contribution in [2.75, 3.05) is 19.0 Å². The van der Waals surface area contributed by atoms with E-state index in [0.29, 0.717) is 18.9 Å². The van der Waals surface area contributed by atoms with Crippen LogP contribution in [0.3, 0.4) is 0 Å². The molecule has 23 heavy (non-hydrogen) atoms. The molecular weight excluding hydrogens is 319 g/mol. The standard InChI is InChI=1S/C16H16ClFN4O/c1-9-19-14-8-22(7-13(14)15(20-9)21(2)3)16(23)10-4-11(17)6-12(18)5-10/h4-6H,7-8H2,1-3H3. The fourth-order valence-corrected chi connectivity index (χ4v) is 2.95. The number of aryl methyl sites for hydroxylation is 1. The quantitative estimate of drug-likeness (QED) is 0.847. The molecule has 3 rings (SSSR count). The number of carbonyl (C=O) groups is 1. The second-order valence-electron chi connectivity index (χ2n) is 5.73. The summed E-state index contributed by atoms with van der Waals surface area (Å²) in [5, 5.41) is 0.203. The van der Waals surface area contributed by atoms with Crippen LogP contribution in [-0.2, 0) is 13.1 Å². The Hall–Kier alpha value is -2.21. The van der Waals surface area contributed by atoms with Crippen molar-refractivity contribution in [1.82, 2.24) is 14.9 Å². The van der Waals surface area contributed by atoms with Gasteiger partial charge in [-0.05, 0) is 25.1 Å². The van der Waals surface area contributed by atoms with Crippen LogP contribution in [0.15, 0.2) is 18.2 Å². The normalized spacial score (nSPS) is 13.2. The van der Waals surface area contributed by atoms with Crippen molar-refractivity contribution in [3.63, 3.8) is 0 Å². The predicted octanol–water partition coefficient (Wildman–Crippen LogP) is 2.80. The lowest BCUT2D eigenvalue weighted by Crippen LogP contribution is -2.25. The van der Waals surface area contributed by atoms with Gasteiger partial charge in [-0.25, -0.2) is 14.4 Å². The van der Waals surface area contributed by atoms with E-state index in [1.165, 1.54) is 18.2 Å². The molecule has 1 aliphatic heterocycles. The minimum absolute atomic E-state index is 0.203. The first kappa shape index (κ1) is 15.7. The molecule has 0 radical (unpaired) electrons. The third-order valence-corrected chi connectivity index (χ3v) is 3.91. The third-order valence-electron chi connectivity index (χ3n) is 3.69. The van der Waals surface area contributed by atoms with Crippen molar-refractivity contribution in [3.05, 3.63) is 51.7 Å². The van der Waals surface area contributed by atoms with Crippen LogP contribution in [0.4, 0.5) is 10.2 Å². The molecule has 120 valence electrons. The first-order chi connectivity index (χ1) is 10.8. The smallest absolute Gasteiger partial charge is 0.254 e. The first-order valence-corrected chi connectivity index (χ1v) is 7.52. The second kappa shape index (κ2) is 5.77. The summed E-state index contributed by atoms with van der Waals surface area (Å²) in [6, 6.07) is 3.84. The van der Waals surface area contributed by atoms with Gasteiger partial charge >= 0.3 is 0 Å². The zero-order valence-electron chi connectivity index (χ0n) is 13.1. The first-order valence-electron chi connectivity index (χ1n) is 7.14. The maximum absolute atomic E-state index is 13.5. The summed E-state index contributed by atoms with van der Waals surface area (Å²) in [5.74, 6) is 0.671. The van der Waals surface area contributed by atoms with E-state index in [2.05, 4.69) is 9.97 Å². The summed E-state index contributed by atoms with van der Waals surface area (Å²) in [5.41, 5.74) is 1.99. The molecule has 5 nitrogen and oxygen atoms in total. The van der Waals surface area contributed by atoms with Gasteiger partial charge in [0.05, 0.1) is 18.8 Å². The average Bonchev–Trinajstić information content (AvgIpc) is 2.87. The predicted molar refractivity (Wildman–Crippen MR) is 86.1 cm³/mol. The molecule has 1 aromatic carbocycles. The Labute approximate surface area is 138 Å². The van der Waals surface area contributed by atoms with Crippen molar-refractivity contribution in [3.8, 4) is 0 Å². The van der Waals surface area contributed by atoms with Gasteiger partial charge in [-0.15, -0.1) is 0 Å². The van der Waals surface area contributed by atoms with Gasteiger partial charge < -0.3 is 9.80 Å². The number of hydrogen-bond acceptors (Lipinski definition) is 4. The summed E-state index contributed by atoms with van der Waals surface area (Å²) in [7, 11) is 3.80. The van der Waals surface area contributed by atoms with E-state index >= 15 is 0 Å². The van der Waals surface area contributed by atoms with Gasteiger partial charge in [0.1, 0.15) is 17.5 Å². The number of hydrogen-bond donors (Lipinski definition) is 0. The minimum Gasteiger partial charge on any atom is -0.362 e. The van der Waals surface area contributed by atoms with Gasteiger partial charge in [-0.1, -0.05) is 11.6 Å². The van der Waals surface area contributed by atoms with Gasteiger partial charge in [0, 0.05) is 30.2 Å². The molecule has 0 bridgehead atoms. The molecule has 7 heteroatoms. The molecule has 1 aromatic heterocycles. The van der Waals surface area contributed by atoms with Crippen LogP contribution < -0.4 is 4.90 Å². The van der Waals surface area contributed by atoms with E-state index in [-0.39, 0.29) is 16.5 Å². The molecule has 0 spiro atoms. The van der Waals surface area contributed by atoms with E-state index in [0.717, 1.165) is 17.1 Å². The molecule has 1 aliphatic rings. The number of benzene rings is 1. The van der Waals surface area contributed by atoms with Crippen molar-refractivity contribution < 1.29 is 9.18 Å². The van der Waals surface area contributed by atoms with Crippen molar-refractivity contribution >= 4 is 23.3 Å². The molecule has 0 fully saturated rings. The molecule has 0 aliphatic carbocycles. The van der Waals surface area contributed by atoms with Crippen LogP contribution in [0.2, 0.25) is 5.02 Å². The lowest BCUT2D eigenvalue weighted by Gasteiger charge is -2.17. The number of nitrogens with zero attached hydrogens (tertiary/aromatic N) is 4. The van der Waals surface area contributed by atoms with Gasteiger partial charge in [-0.3, -0.25) is 4.79 Å². The molecule has 1 amide bonds. The molecule has 0 N–H and O–H groups in total. The summed E-state index contributed by atoms with van der Waals surface area (Å²) in [4.78, 5) is 25.0. The minimum atomic E-state index is -0.526. The van der Waals surface area contributed by atoms with Crippen molar-refractivity contribution in [1.29, 1.82) is 0 Å². The number of carbonyl (C=O) groups excluding carboxylic acids is 1. The monoisotopic (exact) mass is 334 g/mol. The summed E-state index contributed by atoms with van der Waals surface area (Å²) in [6.45, 7) is 2.60. The van der Waals surface area contributed by atoms with E-state index in [1.807, 2.05) is 25.9 Å². The SMILES string of the molecule is Cc1nc2c(c(N(C)C)n1)CN(C(=O)c1cc(F)cc(Cl)c1)C2. The maximum Gasteiger partial charge on any atom is 0.254 e. The number of rotatable bonds is 2. The fraction of sp³-hybridized carbons (Fsp3) is 0.312. The third kappa shape index (κ3) is 2.99. The maximum atomic E-state index is 13.5. The largest absolute Gasteiger partial charge is 0.362 e. The highest BCUT2D eigenvalue weighted by Crippen LogP contribution is 2.29. The Balaban J connectivity index is 1.92. The number of halogens is 2. The van der Waals surface area contributed by atoms with E-state index < -0.39 is 5.82 Å². The Morgan fingerprint density at radius 1 is 1.26 bits per heavy atom.